The zero-order chi connectivity index (χ0) is 29.8. The van der Waals surface area contributed by atoms with Crippen molar-refractivity contribution < 1.29 is 53.4 Å². The molecule has 1 unspecified atom stereocenters. The Hall–Kier alpha value is -5.43. The first-order valence-electron chi connectivity index (χ1n) is 12.7. The summed E-state index contributed by atoms with van der Waals surface area (Å²) in [6.07, 6.45) is -1.37. The second kappa shape index (κ2) is 12.0. The van der Waals surface area contributed by atoms with Crippen LogP contribution in [0.4, 0.5) is 4.79 Å². The first-order valence-corrected chi connectivity index (χ1v) is 12.7. The number of amides is 2. The molecule has 0 bridgehead atoms. The Morgan fingerprint density at radius 1 is 0.786 bits per heavy atom. The quantitative estimate of drug-likeness (QED) is 0.129. The van der Waals surface area contributed by atoms with E-state index in [0.717, 1.165) is 17.7 Å². The van der Waals surface area contributed by atoms with E-state index in [0.29, 0.717) is 5.75 Å². The van der Waals surface area contributed by atoms with Crippen LogP contribution >= 0.6 is 0 Å². The van der Waals surface area contributed by atoms with Crippen molar-refractivity contribution >= 4 is 23.0 Å². The summed E-state index contributed by atoms with van der Waals surface area (Å²) >= 11 is 0. The van der Waals surface area contributed by atoms with Gasteiger partial charge in [0.15, 0.2) is 23.4 Å². The van der Waals surface area contributed by atoms with E-state index in [1.807, 2.05) is 0 Å². The summed E-state index contributed by atoms with van der Waals surface area (Å²) in [6.45, 7) is 0.369. The molecule has 13 heteroatoms. The van der Waals surface area contributed by atoms with Gasteiger partial charge in [0.25, 0.3) is 5.91 Å². The third-order valence-electron chi connectivity index (χ3n) is 6.24. The minimum Gasteiger partial charge on any atom is -0.508 e. The molecule has 1 fully saturated rings. The summed E-state index contributed by atoms with van der Waals surface area (Å²) in [5, 5.41) is 41.5. The SMILES string of the molecule is O=C1NC(=O)C(Cc2ccc(OCCOCCOc3c(-c4ccc(O)c(O)c4)oc4cc(O)cc(O)c4c3=O)cc2)O1. The molecule has 1 saturated heterocycles. The average Bonchev–Trinajstić information content (AvgIpc) is 3.26. The van der Waals surface area contributed by atoms with Crippen LogP contribution in [0.2, 0.25) is 0 Å². The number of hydrogen-bond donors (Lipinski definition) is 5. The summed E-state index contributed by atoms with van der Waals surface area (Å²) in [4.78, 5) is 36.0. The van der Waals surface area contributed by atoms with E-state index < -0.39 is 35.0 Å². The second-order valence-corrected chi connectivity index (χ2v) is 9.17. The van der Waals surface area contributed by atoms with Gasteiger partial charge in [0.2, 0.25) is 11.2 Å². The third-order valence-corrected chi connectivity index (χ3v) is 6.24. The van der Waals surface area contributed by atoms with E-state index >= 15 is 0 Å². The maximum absolute atomic E-state index is 13.2. The molecule has 13 nitrogen and oxygen atoms in total. The fraction of sp³-hybridized carbons (Fsp3) is 0.207. The van der Waals surface area contributed by atoms with Gasteiger partial charge in [-0.1, -0.05) is 12.1 Å². The van der Waals surface area contributed by atoms with Crippen LogP contribution < -0.4 is 20.2 Å². The van der Waals surface area contributed by atoms with Crippen LogP contribution in [-0.2, 0) is 20.7 Å². The molecule has 4 aromatic rings. The average molecular weight is 580 g/mol. The summed E-state index contributed by atoms with van der Waals surface area (Å²) < 4.78 is 27.5. The van der Waals surface area contributed by atoms with Crippen LogP contribution in [0.3, 0.4) is 0 Å². The van der Waals surface area contributed by atoms with Gasteiger partial charge in [-0.3, -0.25) is 14.9 Å². The predicted molar refractivity (Wildman–Crippen MR) is 145 cm³/mol. The molecule has 1 aromatic heterocycles. The Kier molecular flexibility index (Phi) is 8.02. The highest BCUT2D eigenvalue weighted by Gasteiger charge is 2.32. The molecule has 3 aromatic carbocycles. The zero-order valence-corrected chi connectivity index (χ0v) is 21.9. The lowest BCUT2D eigenvalue weighted by atomic mass is 10.1. The van der Waals surface area contributed by atoms with E-state index in [4.69, 9.17) is 23.4 Å². The zero-order valence-electron chi connectivity index (χ0n) is 21.9. The Balaban J connectivity index is 1.17. The van der Waals surface area contributed by atoms with Gasteiger partial charge in [0, 0.05) is 24.1 Å². The number of carbonyl (C=O) groups is 2. The van der Waals surface area contributed by atoms with E-state index in [-0.39, 0.29) is 72.4 Å². The topological polar surface area (TPSA) is 194 Å². The lowest BCUT2D eigenvalue weighted by molar-refractivity contribution is -0.123. The molecule has 0 saturated carbocycles. The number of carbonyl (C=O) groups excluding carboxylic acids is 2. The predicted octanol–water partition coefficient (Wildman–Crippen LogP) is 2.93. The smallest absolute Gasteiger partial charge is 0.414 e. The number of cyclic esters (lactones) is 1. The van der Waals surface area contributed by atoms with E-state index in [9.17, 15) is 34.8 Å². The van der Waals surface area contributed by atoms with Gasteiger partial charge < -0.3 is 43.8 Å². The number of rotatable bonds is 11. The summed E-state index contributed by atoms with van der Waals surface area (Å²) in [7, 11) is 0. The molecule has 1 aliphatic heterocycles. The highest BCUT2D eigenvalue weighted by Crippen LogP contribution is 2.38. The minimum atomic E-state index is -0.857. The van der Waals surface area contributed by atoms with E-state index in [1.54, 1.807) is 24.3 Å². The van der Waals surface area contributed by atoms with Crippen LogP contribution in [0.15, 0.2) is 63.8 Å². The number of aromatic hydroxyl groups is 4. The first-order chi connectivity index (χ1) is 20.2. The largest absolute Gasteiger partial charge is 0.508 e. The molecular weight excluding hydrogens is 554 g/mol. The summed E-state index contributed by atoms with van der Waals surface area (Å²) in [5.41, 5.74) is 0.168. The summed E-state index contributed by atoms with van der Waals surface area (Å²) in [5.74, 6) is -1.93. The molecule has 0 aliphatic carbocycles. The van der Waals surface area contributed by atoms with E-state index in [2.05, 4.69) is 5.32 Å². The molecule has 5 N–H and O–H groups in total. The number of imide groups is 1. The normalized spacial score (nSPS) is 14.5. The Labute approximate surface area is 237 Å². The van der Waals surface area contributed by atoms with Crippen molar-refractivity contribution in [3.63, 3.8) is 0 Å². The maximum atomic E-state index is 13.2. The van der Waals surface area contributed by atoms with Crippen LogP contribution in [0.5, 0.6) is 34.5 Å². The monoisotopic (exact) mass is 579 g/mol. The Bertz CT molecular complexity index is 1700. The highest BCUT2D eigenvalue weighted by atomic mass is 16.6. The number of ether oxygens (including phenoxy) is 4. The van der Waals surface area contributed by atoms with Crippen molar-refractivity contribution in [1.29, 1.82) is 0 Å². The van der Waals surface area contributed by atoms with Crippen molar-refractivity contribution in [1.82, 2.24) is 5.32 Å². The van der Waals surface area contributed by atoms with Gasteiger partial charge in [0.1, 0.15) is 41.4 Å². The molecule has 5 rings (SSSR count). The molecule has 0 spiro atoms. The van der Waals surface area contributed by atoms with Crippen LogP contribution in [0.25, 0.3) is 22.3 Å². The lowest BCUT2D eigenvalue weighted by Gasteiger charge is -2.13. The summed E-state index contributed by atoms with van der Waals surface area (Å²) in [6, 6.07) is 12.9. The minimum absolute atomic E-state index is 0.0593. The van der Waals surface area contributed by atoms with Crippen LogP contribution in [0, 0.1) is 0 Å². The number of benzene rings is 3. The number of phenolic OH excluding ortho intramolecular Hbond substituents is 4. The molecule has 1 aliphatic rings. The first kappa shape index (κ1) is 28.1. The van der Waals surface area contributed by atoms with Crippen LogP contribution in [0.1, 0.15) is 5.56 Å². The van der Waals surface area contributed by atoms with Gasteiger partial charge in [-0.25, -0.2) is 4.79 Å². The van der Waals surface area contributed by atoms with Gasteiger partial charge in [0.05, 0.1) is 13.2 Å². The van der Waals surface area contributed by atoms with Gasteiger partial charge in [-0.2, -0.15) is 0 Å². The molecule has 2 amide bonds. The number of fused-ring (bicyclic) bond motifs is 1. The highest BCUT2D eigenvalue weighted by molar-refractivity contribution is 6.00. The molecule has 42 heavy (non-hydrogen) atoms. The molecule has 1 atom stereocenters. The standard InChI is InChI=1S/C29H25NO12/c31-17-13-21(34)24-22(14-17)41-26(16-3-6-19(32)20(33)12-16)27(25(24)35)40-10-8-38-7-9-39-18-4-1-15(2-5-18)11-23-28(36)30-29(37)42-23/h1-6,12-14,23,31-34H,7-11H2,(H,30,36,37). The number of phenols is 4. The number of alkyl carbamates (subject to hydrolysis) is 1. The fourth-order valence-electron chi connectivity index (χ4n) is 4.24. The molecular formula is C29H25NO12. The van der Waals surface area contributed by atoms with Gasteiger partial charge in [-0.05, 0) is 35.9 Å². The fourth-order valence-corrected chi connectivity index (χ4v) is 4.24. The van der Waals surface area contributed by atoms with Crippen LogP contribution in [-0.4, -0.2) is 65.0 Å². The van der Waals surface area contributed by atoms with Gasteiger partial charge >= 0.3 is 6.09 Å². The molecule has 2 heterocycles. The third kappa shape index (κ3) is 6.15. The van der Waals surface area contributed by atoms with Crippen molar-refractivity contribution in [3.05, 3.63) is 70.4 Å². The van der Waals surface area contributed by atoms with Crippen molar-refractivity contribution in [2.24, 2.45) is 0 Å². The second-order valence-electron chi connectivity index (χ2n) is 9.17. The van der Waals surface area contributed by atoms with E-state index in [1.165, 1.54) is 18.2 Å². The van der Waals surface area contributed by atoms with Crippen molar-refractivity contribution in [3.8, 4) is 45.8 Å². The van der Waals surface area contributed by atoms with Gasteiger partial charge in [-0.15, -0.1) is 0 Å². The molecule has 0 radical (unpaired) electrons. The van der Waals surface area contributed by atoms with Crippen molar-refractivity contribution in [2.45, 2.75) is 12.5 Å². The number of nitrogens with one attached hydrogen (secondary N) is 1. The lowest BCUT2D eigenvalue weighted by Crippen LogP contribution is -2.25. The van der Waals surface area contributed by atoms with Crippen molar-refractivity contribution in [2.75, 3.05) is 26.4 Å². The Morgan fingerprint density at radius 2 is 1.52 bits per heavy atom. The maximum Gasteiger partial charge on any atom is 0.414 e. The molecule has 218 valence electrons. The number of hydrogen-bond acceptors (Lipinski definition) is 12. The Morgan fingerprint density at radius 3 is 2.21 bits per heavy atom.